The second-order valence-electron chi connectivity index (χ2n) is 4.85. The predicted octanol–water partition coefficient (Wildman–Crippen LogP) is 2.19. The van der Waals surface area contributed by atoms with E-state index in [0.29, 0.717) is 25.6 Å². The minimum absolute atomic E-state index is 0.113. The number of thioether (sulfide) groups is 1. The summed E-state index contributed by atoms with van der Waals surface area (Å²) in [5.74, 6) is 1.93. The topological polar surface area (TPSA) is 50.7 Å². The van der Waals surface area contributed by atoms with Crippen LogP contribution >= 0.6 is 11.8 Å². The van der Waals surface area contributed by atoms with Gasteiger partial charge in [0.05, 0.1) is 6.61 Å². The first-order valence-electron chi connectivity index (χ1n) is 6.89. The minimum atomic E-state index is -0.113. The zero-order valence-electron chi connectivity index (χ0n) is 11.0. The molecule has 2 rings (SSSR count). The van der Waals surface area contributed by atoms with Crippen LogP contribution in [0, 0.1) is 5.92 Å². The fourth-order valence-corrected chi connectivity index (χ4v) is 3.73. The normalized spacial score (nSPS) is 28.8. The van der Waals surface area contributed by atoms with E-state index < -0.39 is 0 Å². The molecule has 1 heterocycles. The van der Waals surface area contributed by atoms with Crippen LogP contribution in [0.4, 0.5) is 0 Å². The zero-order valence-corrected chi connectivity index (χ0v) is 11.8. The van der Waals surface area contributed by atoms with E-state index in [0.717, 1.165) is 17.5 Å². The summed E-state index contributed by atoms with van der Waals surface area (Å²) in [7, 11) is 0. The van der Waals surface area contributed by atoms with Crippen molar-refractivity contribution < 1.29 is 9.53 Å². The maximum absolute atomic E-state index is 11.2. The molecule has 1 saturated carbocycles. The van der Waals surface area contributed by atoms with Gasteiger partial charge in [0.2, 0.25) is 0 Å². The fourth-order valence-electron chi connectivity index (χ4n) is 2.54. The van der Waals surface area contributed by atoms with Crippen molar-refractivity contribution in [2.75, 3.05) is 18.9 Å². The van der Waals surface area contributed by atoms with E-state index in [-0.39, 0.29) is 5.97 Å². The van der Waals surface area contributed by atoms with Gasteiger partial charge in [-0.3, -0.25) is 9.79 Å². The van der Waals surface area contributed by atoms with E-state index in [1.165, 1.54) is 25.0 Å². The molecule has 1 aliphatic carbocycles. The van der Waals surface area contributed by atoms with E-state index in [4.69, 9.17) is 4.74 Å². The monoisotopic (exact) mass is 270 g/mol. The van der Waals surface area contributed by atoms with Crippen LogP contribution < -0.4 is 5.32 Å². The highest BCUT2D eigenvalue weighted by Crippen LogP contribution is 2.32. The summed E-state index contributed by atoms with van der Waals surface area (Å²) in [5, 5.41) is 4.60. The van der Waals surface area contributed by atoms with Crippen molar-refractivity contribution in [1.82, 2.24) is 5.32 Å². The Balaban J connectivity index is 1.65. The summed E-state index contributed by atoms with van der Waals surface area (Å²) < 4.78 is 4.88. The number of ether oxygens (including phenoxy) is 1. The highest BCUT2D eigenvalue weighted by Gasteiger charge is 2.31. The lowest BCUT2D eigenvalue weighted by atomic mass is 10.1. The average molecular weight is 270 g/mol. The predicted molar refractivity (Wildman–Crippen MR) is 74.9 cm³/mol. The van der Waals surface area contributed by atoms with Crippen LogP contribution in [0.3, 0.4) is 0 Å². The van der Waals surface area contributed by atoms with Crippen molar-refractivity contribution in [2.24, 2.45) is 10.9 Å². The second-order valence-corrected chi connectivity index (χ2v) is 5.86. The number of rotatable bonds is 5. The Labute approximate surface area is 113 Å². The van der Waals surface area contributed by atoms with Crippen molar-refractivity contribution in [2.45, 2.75) is 45.1 Å². The third-order valence-electron chi connectivity index (χ3n) is 3.50. The molecular formula is C13H22N2O2S. The molecule has 2 unspecified atom stereocenters. The SMILES string of the molecule is CCOC(=O)CCCN=C1NC2CCCC2CS1. The first-order chi connectivity index (χ1) is 8.79. The van der Waals surface area contributed by atoms with Crippen LogP contribution in [-0.4, -0.2) is 36.1 Å². The molecule has 0 aromatic rings. The van der Waals surface area contributed by atoms with Gasteiger partial charge in [0.15, 0.2) is 5.17 Å². The first kappa shape index (κ1) is 13.7. The highest BCUT2D eigenvalue weighted by atomic mass is 32.2. The molecule has 4 nitrogen and oxygen atoms in total. The largest absolute Gasteiger partial charge is 0.466 e. The summed E-state index contributed by atoms with van der Waals surface area (Å²) in [6, 6.07) is 0.648. The third kappa shape index (κ3) is 3.90. The quantitative estimate of drug-likeness (QED) is 0.614. The summed E-state index contributed by atoms with van der Waals surface area (Å²) in [6.07, 6.45) is 5.24. The smallest absolute Gasteiger partial charge is 0.305 e. The van der Waals surface area contributed by atoms with E-state index in [9.17, 15) is 4.79 Å². The number of aliphatic imine (C=N–C) groups is 1. The summed E-state index contributed by atoms with van der Waals surface area (Å²) in [6.45, 7) is 3.01. The van der Waals surface area contributed by atoms with Crippen LogP contribution in [0.15, 0.2) is 4.99 Å². The molecular weight excluding hydrogens is 248 g/mol. The lowest BCUT2D eigenvalue weighted by molar-refractivity contribution is -0.143. The van der Waals surface area contributed by atoms with Crippen LogP contribution in [0.25, 0.3) is 0 Å². The molecule has 2 atom stereocenters. The van der Waals surface area contributed by atoms with Gasteiger partial charge in [0.25, 0.3) is 0 Å². The molecule has 0 bridgehead atoms. The molecule has 5 heteroatoms. The second kappa shape index (κ2) is 7.02. The minimum Gasteiger partial charge on any atom is -0.466 e. The molecule has 0 aromatic heterocycles. The van der Waals surface area contributed by atoms with Gasteiger partial charge in [-0.25, -0.2) is 0 Å². The van der Waals surface area contributed by atoms with E-state index in [1.807, 2.05) is 18.7 Å². The Kier molecular flexibility index (Phi) is 5.35. The molecule has 1 aliphatic heterocycles. The molecule has 102 valence electrons. The number of fused-ring (bicyclic) bond motifs is 1. The molecule has 18 heavy (non-hydrogen) atoms. The van der Waals surface area contributed by atoms with Crippen molar-refractivity contribution >= 4 is 22.9 Å². The molecule has 2 fully saturated rings. The maximum atomic E-state index is 11.2. The summed E-state index contributed by atoms with van der Waals surface area (Å²) in [5.41, 5.74) is 0. The zero-order chi connectivity index (χ0) is 12.8. The van der Waals surface area contributed by atoms with Crippen molar-refractivity contribution in [3.8, 4) is 0 Å². The Morgan fingerprint density at radius 2 is 2.44 bits per heavy atom. The Morgan fingerprint density at radius 3 is 3.28 bits per heavy atom. The fraction of sp³-hybridized carbons (Fsp3) is 0.846. The highest BCUT2D eigenvalue weighted by molar-refractivity contribution is 8.13. The number of amidine groups is 1. The Morgan fingerprint density at radius 1 is 1.56 bits per heavy atom. The molecule has 1 saturated heterocycles. The molecule has 0 aromatic carbocycles. The summed E-state index contributed by atoms with van der Waals surface area (Å²) in [4.78, 5) is 15.7. The van der Waals surface area contributed by atoms with E-state index in [1.54, 1.807) is 0 Å². The number of carbonyl (C=O) groups excluding carboxylic acids is 1. The lowest BCUT2D eigenvalue weighted by Gasteiger charge is -2.28. The van der Waals surface area contributed by atoms with Gasteiger partial charge in [0.1, 0.15) is 0 Å². The first-order valence-corrected chi connectivity index (χ1v) is 7.87. The van der Waals surface area contributed by atoms with E-state index in [2.05, 4.69) is 10.3 Å². The van der Waals surface area contributed by atoms with Gasteiger partial charge in [-0.1, -0.05) is 18.2 Å². The van der Waals surface area contributed by atoms with Crippen LogP contribution in [0.5, 0.6) is 0 Å². The number of nitrogens with zero attached hydrogens (tertiary/aromatic N) is 1. The van der Waals surface area contributed by atoms with Crippen molar-refractivity contribution in [3.05, 3.63) is 0 Å². The number of hydrogen-bond donors (Lipinski definition) is 1. The molecule has 0 radical (unpaired) electrons. The lowest BCUT2D eigenvalue weighted by Crippen LogP contribution is -2.41. The van der Waals surface area contributed by atoms with Crippen LogP contribution in [0.1, 0.15) is 39.0 Å². The number of hydrogen-bond acceptors (Lipinski definition) is 4. The van der Waals surface area contributed by atoms with Crippen LogP contribution in [0.2, 0.25) is 0 Å². The number of carbonyl (C=O) groups is 1. The Hall–Kier alpha value is -0.710. The molecule has 2 aliphatic rings. The molecule has 0 spiro atoms. The average Bonchev–Trinajstić information content (AvgIpc) is 2.82. The van der Waals surface area contributed by atoms with Crippen molar-refractivity contribution in [1.29, 1.82) is 0 Å². The Bertz CT molecular complexity index is 320. The maximum Gasteiger partial charge on any atom is 0.305 e. The third-order valence-corrected chi connectivity index (χ3v) is 4.62. The van der Waals surface area contributed by atoms with Gasteiger partial charge in [0, 0.05) is 24.8 Å². The standard InChI is InChI=1S/C13H22N2O2S/c1-2-17-12(16)7-4-8-14-13-15-11-6-3-5-10(11)9-18-13/h10-11H,2-9H2,1H3,(H,14,15). The number of nitrogens with one attached hydrogen (secondary N) is 1. The van der Waals surface area contributed by atoms with Gasteiger partial charge in [-0.2, -0.15) is 0 Å². The van der Waals surface area contributed by atoms with Gasteiger partial charge < -0.3 is 10.1 Å². The van der Waals surface area contributed by atoms with Crippen LogP contribution in [-0.2, 0) is 9.53 Å². The van der Waals surface area contributed by atoms with E-state index >= 15 is 0 Å². The molecule has 0 amide bonds. The van der Waals surface area contributed by atoms with Gasteiger partial charge in [-0.15, -0.1) is 0 Å². The van der Waals surface area contributed by atoms with Crippen molar-refractivity contribution in [3.63, 3.8) is 0 Å². The van der Waals surface area contributed by atoms with Gasteiger partial charge >= 0.3 is 5.97 Å². The summed E-state index contributed by atoms with van der Waals surface area (Å²) >= 11 is 1.83. The number of esters is 1. The molecule has 1 N–H and O–H groups in total. The van der Waals surface area contributed by atoms with Gasteiger partial charge in [-0.05, 0) is 32.1 Å².